The molecule has 3 rings (SSSR count). The first kappa shape index (κ1) is 43.5. The van der Waals surface area contributed by atoms with Gasteiger partial charge in [0.25, 0.3) is 5.09 Å². The van der Waals surface area contributed by atoms with Gasteiger partial charge in [-0.25, -0.2) is 0 Å². The molecule has 13 heteroatoms. The van der Waals surface area contributed by atoms with Gasteiger partial charge in [0.1, 0.15) is 0 Å². The Morgan fingerprint density at radius 2 is 1.36 bits per heavy atom. The fourth-order valence-electron chi connectivity index (χ4n) is 3.39. The van der Waals surface area contributed by atoms with E-state index in [1.165, 1.54) is 16.2 Å². The maximum Gasteiger partial charge on any atom is 4.00 e. The topological polar surface area (TPSA) is 228 Å². The van der Waals surface area contributed by atoms with Gasteiger partial charge < -0.3 is 50.2 Å². The molecule has 0 saturated heterocycles. The molecule has 7 N–H and O–H groups in total. The van der Waals surface area contributed by atoms with Crippen molar-refractivity contribution in [2.75, 3.05) is 7.11 Å². The smallest absolute Gasteiger partial charge is 1.00 e. The fourth-order valence-corrected chi connectivity index (χ4v) is 3.39. The second-order valence-electron chi connectivity index (χ2n) is 8.53. The molecule has 0 bridgehead atoms. The van der Waals surface area contributed by atoms with Crippen LogP contribution in [-0.4, -0.2) is 34.0 Å². The van der Waals surface area contributed by atoms with Crippen molar-refractivity contribution in [1.29, 1.82) is 0 Å². The molecule has 0 radical (unpaired) electrons. The summed E-state index contributed by atoms with van der Waals surface area (Å²) >= 11 is 0. The van der Waals surface area contributed by atoms with Crippen molar-refractivity contribution < 1.29 is 59.1 Å². The van der Waals surface area contributed by atoms with E-state index in [0.29, 0.717) is 0 Å². The maximum atomic E-state index is 10.2. The minimum Gasteiger partial charge on any atom is -1.00 e. The van der Waals surface area contributed by atoms with Gasteiger partial charge in [-0.1, -0.05) is 63.2 Å². The van der Waals surface area contributed by atoms with E-state index in [4.69, 9.17) is 20.4 Å². The molecule has 11 nitrogen and oxygen atoms in total. The van der Waals surface area contributed by atoms with Crippen LogP contribution in [0.25, 0.3) is 21.7 Å². The number of fused-ring (bicyclic) bond motifs is 3. The van der Waals surface area contributed by atoms with Crippen LogP contribution in [0.2, 0.25) is 0 Å². The SMILES string of the molecule is CC(C)(C)CC(C)(C)N=C([O-])[O-].C[O-].N.N.O=[N+]([O-])O.[Cl-].[Pt+4].c1ccc2c(c1)cnc1ccccc12. The predicted octanol–water partition coefficient (Wildman–Crippen LogP) is -0.380. The first-order chi connectivity index (χ1) is 14.8. The minimum atomic E-state index is -1.50. The van der Waals surface area contributed by atoms with Crippen LogP contribution in [0.5, 0.6) is 0 Å². The molecule has 0 spiro atoms. The van der Waals surface area contributed by atoms with Crippen molar-refractivity contribution in [3.63, 3.8) is 0 Å². The minimum absolute atomic E-state index is 0. The average Bonchev–Trinajstić information content (AvgIpc) is 2.66. The number of benzene rings is 2. The third kappa shape index (κ3) is 18.7. The van der Waals surface area contributed by atoms with Gasteiger partial charge in [0.2, 0.25) is 0 Å². The van der Waals surface area contributed by atoms with Gasteiger partial charge in [-0.3, -0.25) is 4.98 Å². The number of halogens is 1. The Kier molecular flexibility index (Phi) is 24.9. The zero-order valence-electron chi connectivity index (χ0n) is 21.3. The molecule has 36 heavy (non-hydrogen) atoms. The van der Waals surface area contributed by atoms with Crippen molar-refractivity contribution in [2.24, 2.45) is 10.4 Å². The Morgan fingerprint density at radius 1 is 0.944 bits per heavy atom. The quantitative estimate of drug-likeness (QED) is 0.103. The summed E-state index contributed by atoms with van der Waals surface area (Å²) in [7, 11) is 0.750. The van der Waals surface area contributed by atoms with Gasteiger partial charge in [-0.2, -0.15) is 7.11 Å². The average molecular weight is 709 g/mol. The summed E-state index contributed by atoms with van der Waals surface area (Å²) in [5, 5.41) is 46.0. The van der Waals surface area contributed by atoms with Crippen molar-refractivity contribution in [3.8, 4) is 0 Å². The molecular weight excluding hydrogens is 673 g/mol. The fraction of sp³-hybridized carbons (Fsp3) is 0.391. The van der Waals surface area contributed by atoms with Crippen LogP contribution in [0.4, 0.5) is 0 Å². The third-order valence-corrected chi connectivity index (χ3v) is 3.85. The summed E-state index contributed by atoms with van der Waals surface area (Å²) in [6.45, 7) is 9.76. The Bertz CT molecular complexity index is 970. The summed E-state index contributed by atoms with van der Waals surface area (Å²) in [6.07, 6.45) is 1.33. The van der Waals surface area contributed by atoms with E-state index >= 15 is 0 Å². The van der Waals surface area contributed by atoms with Crippen molar-refractivity contribution >= 4 is 27.8 Å². The molecule has 0 aliphatic rings. The van der Waals surface area contributed by atoms with E-state index in [1.807, 2.05) is 24.4 Å². The van der Waals surface area contributed by atoms with E-state index in [1.54, 1.807) is 13.8 Å². The normalized spacial score (nSPS) is 9.31. The van der Waals surface area contributed by atoms with Crippen LogP contribution >= 0.6 is 0 Å². The molecule has 1 heterocycles. The zero-order valence-corrected chi connectivity index (χ0v) is 24.4. The van der Waals surface area contributed by atoms with E-state index in [2.05, 4.69) is 61.1 Å². The van der Waals surface area contributed by atoms with E-state index in [9.17, 15) is 10.2 Å². The molecule has 2 aromatic carbocycles. The van der Waals surface area contributed by atoms with Crippen molar-refractivity contribution in [2.45, 2.75) is 46.6 Å². The zero-order chi connectivity index (χ0) is 24.9. The van der Waals surface area contributed by atoms with Gasteiger partial charge in [0.15, 0.2) is 0 Å². The van der Waals surface area contributed by atoms with Crippen LogP contribution in [-0.2, 0) is 21.1 Å². The number of para-hydroxylation sites is 1. The molecular formula is C23H36ClN5O6Pt. The predicted molar refractivity (Wildman–Crippen MR) is 130 cm³/mol. The first-order valence-electron chi connectivity index (χ1n) is 9.71. The largest absolute Gasteiger partial charge is 4.00 e. The molecule has 0 aliphatic heterocycles. The summed E-state index contributed by atoms with van der Waals surface area (Å²) in [6, 6.07) is 16.6. The Balaban J connectivity index is -0.000000135. The molecule has 0 atom stereocenters. The van der Waals surface area contributed by atoms with Gasteiger partial charge in [-0.05, 0) is 37.1 Å². The Labute approximate surface area is 232 Å². The molecule has 206 valence electrons. The number of aliphatic imine (C=N–C) groups is 1. The molecule has 0 aliphatic carbocycles. The van der Waals surface area contributed by atoms with Gasteiger partial charge >= 0.3 is 21.1 Å². The maximum absolute atomic E-state index is 10.2. The van der Waals surface area contributed by atoms with Crippen LogP contribution in [0.1, 0.15) is 41.0 Å². The molecule has 0 amide bonds. The van der Waals surface area contributed by atoms with Crippen LogP contribution in [0, 0.1) is 15.5 Å². The summed E-state index contributed by atoms with van der Waals surface area (Å²) in [5.41, 5.74) is 0.616. The van der Waals surface area contributed by atoms with Gasteiger partial charge in [0, 0.05) is 17.0 Å². The van der Waals surface area contributed by atoms with Crippen LogP contribution in [0.15, 0.2) is 59.7 Å². The third-order valence-electron chi connectivity index (χ3n) is 3.85. The molecule has 0 fully saturated rings. The summed E-state index contributed by atoms with van der Waals surface area (Å²) in [4.78, 5) is 16.3. The van der Waals surface area contributed by atoms with Crippen molar-refractivity contribution in [3.05, 3.63) is 64.8 Å². The summed E-state index contributed by atoms with van der Waals surface area (Å²) in [5.74, 6) is 0. The number of rotatable bonds is 2. The molecule has 1 aromatic heterocycles. The number of aromatic nitrogens is 1. The monoisotopic (exact) mass is 708 g/mol. The number of hydrogen-bond acceptors (Lipinski definition) is 9. The number of pyridine rings is 1. The first-order valence-corrected chi connectivity index (χ1v) is 9.71. The van der Waals surface area contributed by atoms with Gasteiger partial charge in [0.05, 0.1) is 11.1 Å². The molecule has 0 saturated carbocycles. The van der Waals surface area contributed by atoms with E-state index in [-0.39, 0.29) is 51.2 Å². The Morgan fingerprint density at radius 3 is 1.81 bits per heavy atom. The van der Waals surface area contributed by atoms with Crippen molar-refractivity contribution in [1.82, 2.24) is 17.3 Å². The number of nitrogens with zero attached hydrogens (tertiary/aromatic N) is 3. The van der Waals surface area contributed by atoms with Crippen LogP contribution < -0.4 is 40.0 Å². The van der Waals surface area contributed by atoms with Gasteiger partial charge in [-0.15, -0.1) is 16.2 Å². The molecule has 0 unspecified atom stereocenters. The van der Waals surface area contributed by atoms with E-state index in [0.717, 1.165) is 19.0 Å². The van der Waals surface area contributed by atoms with E-state index < -0.39 is 16.7 Å². The summed E-state index contributed by atoms with van der Waals surface area (Å²) < 4.78 is 0. The number of hydrogen-bond donors (Lipinski definition) is 3. The molecule has 3 aromatic rings. The van der Waals surface area contributed by atoms with Crippen LogP contribution in [0.3, 0.4) is 0 Å². The Hall–Kier alpha value is -2.56. The second kappa shape index (κ2) is 20.6. The second-order valence-corrected chi connectivity index (χ2v) is 8.53. The standard InChI is InChI=1S/C13H9N.C9H19NO2.CH3O.ClH.HNO3.2H3N.Pt/c1-2-6-11-10(5-1)9-14-13-8-4-3-7-12(11)13;1-8(2,3)6-9(4,5)10-7(11)12;1-2;;2-1(3)4;;;/h1-9H;6H2,1-5H3,(H2,10,11,12);1H3;1H;(H,2,3,4);2*1H3;/q;;-1;;;;;+4/p-3.